The first kappa shape index (κ1) is 21.9. The van der Waals surface area contributed by atoms with E-state index in [1.165, 1.54) is 16.9 Å². The van der Waals surface area contributed by atoms with Crippen LogP contribution < -0.4 is 14.8 Å². The van der Waals surface area contributed by atoms with Crippen molar-refractivity contribution in [1.82, 2.24) is 4.90 Å². The Morgan fingerprint density at radius 2 is 1.69 bits per heavy atom. The third-order valence-electron chi connectivity index (χ3n) is 5.30. The largest absolute Gasteiger partial charge is 0.490 e. The summed E-state index contributed by atoms with van der Waals surface area (Å²) in [6.07, 6.45) is 0.766. The Balaban J connectivity index is 1.45. The van der Waals surface area contributed by atoms with Gasteiger partial charge in [-0.1, -0.05) is 6.07 Å². The van der Waals surface area contributed by atoms with Gasteiger partial charge in [0.2, 0.25) is 0 Å². The maximum absolute atomic E-state index is 13.1. The molecule has 0 atom stereocenters. The molecule has 0 unspecified atom stereocenters. The Bertz CT molecular complexity index is 1090. The van der Waals surface area contributed by atoms with E-state index in [-0.39, 0.29) is 11.8 Å². The van der Waals surface area contributed by atoms with Crippen LogP contribution in [0.25, 0.3) is 0 Å². The topological polar surface area (TPSA) is 67.9 Å². The predicted molar refractivity (Wildman–Crippen MR) is 126 cm³/mol. The van der Waals surface area contributed by atoms with E-state index in [1.807, 2.05) is 42.3 Å². The summed E-state index contributed by atoms with van der Waals surface area (Å²) >= 11 is 1.39. The van der Waals surface area contributed by atoms with Crippen molar-refractivity contribution in [2.24, 2.45) is 0 Å². The molecule has 0 saturated heterocycles. The number of nitrogens with zero attached hydrogens (tertiary/aromatic N) is 1. The lowest BCUT2D eigenvalue weighted by Gasteiger charge is -2.30. The van der Waals surface area contributed by atoms with Crippen molar-refractivity contribution < 1.29 is 19.1 Å². The lowest BCUT2D eigenvalue weighted by Crippen LogP contribution is -2.36. The SMILES string of the molecule is CCOc1cc2c(cc1OCC)CN(C(=O)c1ccc(NC(=O)c3cccs3)cc1)CC2. The first-order valence-electron chi connectivity index (χ1n) is 10.7. The third-order valence-corrected chi connectivity index (χ3v) is 6.17. The highest BCUT2D eigenvalue weighted by molar-refractivity contribution is 7.12. The number of fused-ring (bicyclic) bond motifs is 1. The summed E-state index contributed by atoms with van der Waals surface area (Å²) in [5.74, 6) is 1.29. The quantitative estimate of drug-likeness (QED) is 0.550. The normalized spacial score (nSPS) is 12.8. The Morgan fingerprint density at radius 3 is 2.31 bits per heavy atom. The fourth-order valence-electron chi connectivity index (χ4n) is 3.75. The molecule has 2 amide bonds. The van der Waals surface area contributed by atoms with Crippen LogP contribution in [0.15, 0.2) is 53.9 Å². The maximum atomic E-state index is 13.1. The van der Waals surface area contributed by atoms with Gasteiger partial charge in [0.15, 0.2) is 11.5 Å². The molecule has 1 aromatic heterocycles. The van der Waals surface area contributed by atoms with E-state index < -0.39 is 0 Å². The minimum absolute atomic E-state index is 0.0290. The molecule has 0 fully saturated rings. The number of hydrogen-bond acceptors (Lipinski definition) is 5. The molecule has 166 valence electrons. The molecular formula is C25H26N2O4S. The van der Waals surface area contributed by atoms with Gasteiger partial charge in [0.05, 0.1) is 18.1 Å². The van der Waals surface area contributed by atoms with Gasteiger partial charge in [-0.05, 0) is 79.2 Å². The fourth-order valence-corrected chi connectivity index (χ4v) is 4.37. The van der Waals surface area contributed by atoms with E-state index in [1.54, 1.807) is 30.3 Å². The number of hydrogen-bond donors (Lipinski definition) is 1. The second-order valence-electron chi connectivity index (χ2n) is 7.42. The smallest absolute Gasteiger partial charge is 0.265 e. The summed E-state index contributed by atoms with van der Waals surface area (Å²) < 4.78 is 11.5. The van der Waals surface area contributed by atoms with Crippen molar-refractivity contribution in [3.05, 3.63) is 75.5 Å². The summed E-state index contributed by atoms with van der Waals surface area (Å²) in [4.78, 5) is 27.8. The van der Waals surface area contributed by atoms with Gasteiger partial charge in [0, 0.05) is 24.3 Å². The number of benzene rings is 2. The van der Waals surface area contributed by atoms with Crippen molar-refractivity contribution in [2.75, 3.05) is 25.1 Å². The molecule has 0 spiro atoms. The van der Waals surface area contributed by atoms with Gasteiger partial charge in [-0.2, -0.15) is 0 Å². The number of thiophene rings is 1. The van der Waals surface area contributed by atoms with E-state index in [4.69, 9.17) is 9.47 Å². The highest BCUT2D eigenvalue weighted by Gasteiger charge is 2.24. The molecule has 3 aromatic rings. The monoisotopic (exact) mass is 450 g/mol. The van der Waals surface area contributed by atoms with Gasteiger partial charge in [0.1, 0.15) is 0 Å². The molecule has 1 N–H and O–H groups in total. The van der Waals surface area contributed by atoms with Crippen LogP contribution in [0.4, 0.5) is 5.69 Å². The van der Waals surface area contributed by atoms with Gasteiger partial charge in [0.25, 0.3) is 11.8 Å². The molecule has 4 rings (SSSR count). The minimum Gasteiger partial charge on any atom is -0.490 e. The average molecular weight is 451 g/mol. The maximum Gasteiger partial charge on any atom is 0.265 e. The minimum atomic E-state index is -0.150. The number of anilines is 1. The van der Waals surface area contributed by atoms with Crippen LogP contribution in [-0.4, -0.2) is 36.5 Å². The zero-order chi connectivity index (χ0) is 22.5. The summed E-state index contributed by atoms with van der Waals surface area (Å²) in [5, 5.41) is 4.72. The van der Waals surface area contributed by atoms with Crippen LogP contribution in [0.5, 0.6) is 11.5 Å². The Labute approximate surface area is 191 Å². The van der Waals surface area contributed by atoms with Gasteiger partial charge < -0.3 is 19.7 Å². The van der Waals surface area contributed by atoms with Crippen molar-refractivity contribution in [2.45, 2.75) is 26.8 Å². The van der Waals surface area contributed by atoms with Crippen LogP contribution in [0, 0.1) is 0 Å². The van der Waals surface area contributed by atoms with Crippen LogP contribution >= 0.6 is 11.3 Å². The highest BCUT2D eigenvalue weighted by atomic mass is 32.1. The van der Waals surface area contributed by atoms with Crippen LogP contribution in [0.3, 0.4) is 0 Å². The van der Waals surface area contributed by atoms with Crippen molar-refractivity contribution >= 4 is 28.8 Å². The van der Waals surface area contributed by atoms with Crippen LogP contribution in [0.2, 0.25) is 0 Å². The van der Waals surface area contributed by atoms with Crippen molar-refractivity contribution in [3.8, 4) is 11.5 Å². The van der Waals surface area contributed by atoms with Crippen LogP contribution in [-0.2, 0) is 13.0 Å². The van der Waals surface area contributed by atoms with E-state index in [9.17, 15) is 9.59 Å². The number of carbonyl (C=O) groups excluding carboxylic acids is 2. The summed E-state index contributed by atoms with van der Waals surface area (Å²) in [6, 6.07) is 14.7. The fraction of sp³-hybridized carbons (Fsp3) is 0.280. The molecule has 1 aliphatic rings. The number of ether oxygens (including phenoxy) is 2. The standard InChI is InChI=1S/C25H26N2O4S/c1-3-30-21-14-18-11-12-27(16-19(18)15-22(21)31-4-2)25(29)17-7-9-20(10-8-17)26-24(28)23-6-5-13-32-23/h5-10,13-15H,3-4,11-12,16H2,1-2H3,(H,26,28). The van der Waals surface area contributed by atoms with Gasteiger partial charge in [-0.15, -0.1) is 11.3 Å². The second kappa shape index (κ2) is 9.87. The zero-order valence-corrected chi connectivity index (χ0v) is 19.0. The molecule has 0 bridgehead atoms. The Hall–Kier alpha value is -3.32. The lowest BCUT2D eigenvalue weighted by molar-refractivity contribution is 0.0734. The Kier molecular flexibility index (Phi) is 6.75. The van der Waals surface area contributed by atoms with Crippen molar-refractivity contribution in [1.29, 1.82) is 0 Å². The van der Waals surface area contributed by atoms with Gasteiger partial charge in [-0.25, -0.2) is 0 Å². The third kappa shape index (κ3) is 4.78. The molecule has 0 aliphatic carbocycles. The van der Waals surface area contributed by atoms with E-state index in [2.05, 4.69) is 5.32 Å². The number of carbonyl (C=O) groups is 2. The highest BCUT2D eigenvalue weighted by Crippen LogP contribution is 2.34. The molecule has 0 saturated carbocycles. The van der Waals surface area contributed by atoms with Gasteiger partial charge in [-0.3, -0.25) is 9.59 Å². The number of amides is 2. The molecule has 1 aliphatic heterocycles. The first-order chi connectivity index (χ1) is 15.6. The van der Waals surface area contributed by atoms with E-state index in [0.29, 0.717) is 48.2 Å². The summed E-state index contributed by atoms with van der Waals surface area (Å²) in [6.45, 7) is 6.19. The van der Waals surface area contributed by atoms with Gasteiger partial charge >= 0.3 is 0 Å². The lowest BCUT2D eigenvalue weighted by atomic mass is 9.98. The number of nitrogens with one attached hydrogen (secondary N) is 1. The molecule has 2 aromatic carbocycles. The molecule has 7 heteroatoms. The predicted octanol–water partition coefficient (Wildman–Crippen LogP) is 5.00. The molecule has 0 radical (unpaired) electrons. The second-order valence-corrected chi connectivity index (χ2v) is 8.37. The average Bonchev–Trinajstić information content (AvgIpc) is 3.35. The zero-order valence-electron chi connectivity index (χ0n) is 18.2. The molecule has 2 heterocycles. The van der Waals surface area contributed by atoms with E-state index in [0.717, 1.165) is 17.7 Å². The molecule has 32 heavy (non-hydrogen) atoms. The molecule has 6 nitrogen and oxygen atoms in total. The first-order valence-corrected chi connectivity index (χ1v) is 11.6. The Morgan fingerprint density at radius 1 is 1.00 bits per heavy atom. The molecular weight excluding hydrogens is 424 g/mol. The van der Waals surface area contributed by atoms with E-state index >= 15 is 0 Å². The van der Waals surface area contributed by atoms with Crippen LogP contribution in [0.1, 0.15) is 45.0 Å². The summed E-state index contributed by atoms with van der Waals surface area (Å²) in [5.41, 5.74) is 3.52. The van der Waals surface area contributed by atoms with Crippen molar-refractivity contribution in [3.63, 3.8) is 0 Å². The number of rotatable bonds is 7. The summed E-state index contributed by atoms with van der Waals surface area (Å²) in [7, 11) is 0.